The fourth-order valence-electron chi connectivity index (χ4n) is 3.62. The first-order chi connectivity index (χ1) is 18.0. The van der Waals surface area contributed by atoms with Gasteiger partial charge in [0.15, 0.2) is 0 Å². The first-order valence-electron chi connectivity index (χ1n) is 11.6. The van der Waals surface area contributed by atoms with Crippen LogP contribution < -0.4 is 14.6 Å². The molecule has 0 atom stereocenters. The Morgan fingerprint density at radius 2 is 1.58 bits per heavy atom. The van der Waals surface area contributed by atoms with E-state index in [0.717, 1.165) is 30.9 Å². The number of alkyl halides is 3. The van der Waals surface area contributed by atoms with E-state index < -0.39 is 39.2 Å². The summed E-state index contributed by atoms with van der Waals surface area (Å²) in [5.74, 6) is -0.857. The number of hydrogen-bond donors (Lipinski definition) is 1. The molecule has 0 fully saturated rings. The Morgan fingerprint density at radius 1 is 0.974 bits per heavy atom. The number of nitrogens with one attached hydrogen (secondary N) is 1. The fraction of sp³-hybridized carbons (Fsp3) is 0.231. The highest BCUT2D eigenvalue weighted by molar-refractivity contribution is 7.92. The Kier molecular flexibility index (Phi) is 9.40. The second-order valence-corrected chi connectivity index (χ2v) is 10.3. The fourth-order valence-corrected chi connectivity index (χ4v) is 5.28. The van der Waals surface area contributed by atoms with Crippen molar-refractivity contribution in [3.63, 3.8) is 0 Å². The summed E-state index contributed by atoms with van der Waals surface area (Å²) in [7, 11) is -4.41. The molecule has 38 heavy (non-hydrogen) atoms. The van der Waals surface area contributed by atoms with Gasteiger partial charge in [0.25, 0.3) is 15.9 Å². The topological polar surface area (TPSA) is 82.1 Å². The number of hydrogen-bond acceptors (Lipinski definition) is 5. The third kappa shape index (κ3) is 7.05. The van der Waals surface area contributed by atoms with E-state index in [2.05, 4.69) is 15.4 Å². The number of hydrazone groups is 1. The summed E-state index contributed by atoms with van der Waals surface area (Å²) in [5.41, 5.74) is 2.34. The van der Waals surface area contributed by atoms with Crippen molar-refractivity contribution < 1.29 is 26.4 Å². The monoisotopic (exact) mass is 566 g/mol. The number of anilines is 2. The molecule has 0 spiro atoms. The molecule has 0 heterocycles. The average molecular weight is 567 g/mol. The molecule has 0 aliphatic carbocycles. The maximum absolute atomic E-state index is 13.5. The highest BCUT2D eigenvalue weighted by Crippen LogP contribution is 2.38. The molecule has 0 unspecified atom stereocenters. The Balaban J connectivity index is 1.85. The maximum Gasteiger partial charge on any atom is 0.417 e. The highest BCUT2D eigenvalue weighted by atomic mass is 35.5. The van der Waals surface area contributed by atoms with Gasteiger partial charge in [0.2, 0.25) is 0 Å². The molecule has 202 valence electrons. The van der Waals surface area contributed by atoms with Gasteiger partial charge in [-0.3, -0.25) is 9.10 Å². The number of rotatable bonds is 10. The molecule has 1 amide bonds. The number of carbonyl (C=O) groups excluding carboxylic acids is 1. The zero-order chi connectivity index (χ0) is 27.9. The van der Waals surface area contributed by atoms with Crippen molar-refractivity contribution in [2.75, 3.05) is 28.8 Å². The molecule has 0 aromatic heterocycles. The third-order valence-electron chi connectivity index (χ3n) is 5.59. The van der Waals surface area contributed by atoms with Crippen molar-refractivity contribution in [3.05, 3.63) is 88.9 Å². The van der Waals surface area contributed by atoms with Crippen LogP contribution in [0.5, 0.6) is 0 Å². The number of sulfonamides is 1. The second-order valence-electron chi connectivity index (χ2n) is 8.04. The van der Waals surface area contributed by atoms with Crippen LogP contribution in [0.25, 0.3) is 0 Å². The summed E-state index contributed by atoms with van der Waals surface area (Å²) in [4.78, 5) is 14.6. The lowest BCUT2D eigenvalue weighted by Crippen LogP contribution is -2.39. The lowest BCUT2D eigenvalue weighted by molar-refractivity contribution is -0.137. The van der Waals surface area contributed by atoms with Gasteiger partial charge < -0.3 is 4.90 Å². The Hall–Kier alpha value is -3.57. The summed E-state index contributed by atoms with van der Waals surface area (Å²) in [5, 5.41) is 3.27. The van der Waals surface area contributed by atoms with Gasteiger partial charge in [-0.2, -0.15) is 18.3 Å². The van der Waals surface area contributed by atoms with Crippen molar-refractivity contribution in [3.8, 4) is 0 Å². The summed E-state index contributed by atoms with van der Waals surface area (Å²) < 4.78 is 67.6. The number of halogens is 4. The van der Waals surface area contributed by atoms with E-state index in [4.69, 9.17) is 11.6 Å². The van der Waals surface area contributed by atoms with E-state index in [1.165, 1.54) is 30.5 Å². The SMILES string of the molecule is CCN(CC)c1ccc(/C=N\NC(=O)CN(c2ccc(Cl)c(C(F)(F)F)c2)S(=O)(=O)c2ccccc2)cc1. The van der Waals surface area contributed by atoms with Crippen LogP contribution in [0, 0.1) is 0 Å². The zero-order valence-electron chi connectivity index (χ0n) is 20.6. The molecular weight excluding hydrogens is 541 g/mol. The van der Waals surface area contributed by atoms with Crippen molar-refractivity contribution >= 4 is 45.1 Å². The molecule has 3 aromatic carbocycles. The van der Waals surface area contributed by atoms with E-state index in [9.17, 15) is 26.4 Å². The number of amides is 1. The lowest BCUT2D eigenvalue weighted by atomic mass is 10.2. The van der Waals surface area contributed by atoms with Gasteiger partial charge in [-0.25, -0.2) is 13.8 Å². The third-order valence-corrected chi connectivity index (χ3v) is 7.70. The van der Waals surface area contributed by atoms with Crippen molar-refractivity contribution in [2.24, 2.45) is 5.10 Å². The average Bonchev–Trinajstić information content (AvgIpc) is 2.89. The van der Waals surface area contributed by atoms with E-state index in [1.807, 2.05) is 38.1 Å². The van der Waals surface area contributed by atoms with Gasteiger partial charge in [0.1, 0.15) is 6.54 Å². The summed E-state index contributed by atoms with van der Waals surface area (Å²) >= 11 is 5.70. The summed E-state index contributed by atoms with van der Waals surface area (Å²) in [6.45, 7) is 4.96. The minimum absolute atomic E-state index is 0.201. The Labute approximate surface area is 224 Å². The van der Waals surface area contributed by atoms with Gasteiger partial charge >= 0.3 is 6.18 Å². The second kappa shape index (κ2) is 12.3. The van der Waals surface area contributed by atoms with Gasteiger partial charge in [-0.05, 0) is 61.9 Å². The first kappa shape index (κ1) is 29.0. The first-order valence-corrected chi connectivity index (χ1v) is 13.4. The molecule has 1 N–H and O–H groups in total. The Morgan fingerprint density at radius 3 is 2.16 bits per heavy atom. The number of benzene rings is 3. The predicted octanol–water partition coefficient (Wildman–Crippen LogP) is 5.55. The van der Waals surface area contributed by atoms with Crippen LogP contribution >= 0.6 is 11.6 Å². The molecule has 3 rings (SSSR count). The molecule has 0 radical (unpaired) electrons. The quantitative estimate of drug-likeness (QED) is 0.258. The van der Waals surface area contributed by atoms with Crippen LogP contribution in [-0.2, 0) is 21.0 Å². The maximum atomic E-state index is 13.5. The van der Waals surface area contributed by atoms with Crippen molar-refractivity contribution in [1.29, 1.82) is 0 Å². The lowest BCUT2D eigenvalue weighted by Gasteiger charge is -2.24. The van der Waals surface area contributed by atoms with Crippen LogP contribution in [0.2, 0.25) is 5.02 Å². The van der Waals surface area contributed by atoms with E-state index in [1.54, 1.807) is 6.07 Å². The normalized spacial score (nSPS) is 11.9. The van der Waals surface area contributed by atoms with Crippen LogP contribution in [0.1, 0.15) is 25.0 Å². The van der Waals surface area contributed by atoms with Crippen LogP contribution in [-0.4, -0.2) is 40.2 Å². The van der Waals surface area contributed by atoms with E-state index in [-0.39, 0.29) is 10.6 Å². The van der Waals surface area contributed by atoms with Gasteiger partial charge in [-0.15, -0.1) is 0 Å². The predicted molar refractivity (Wildman–Crippen MR) is 143 cm³/mol. The van der Waals surface area contributed by atoms with Crippen LogP contribution in [0.3, 0.4) is 0 Å². The zero-order valence-corrected chi connectivity index (χ0v) is 22.2. The van der Waals surface area contributed by atoms with E-state index >= 15 is 0 Å². The van der Waals surface area contributed by atoms with E-state index in [0.29, 0.717) is 15.9 Å². The molecule has 0 saturated heterocycles. The minimum Gasteiger partial charge on any atom is -0.372 e. The standard InChI is InChI=1S/C26H26ClF3N4O3S/c1-3-33(4-2)20-12-10-19(11-13-20)17-31-32-25(35)18-34(38(36,37)22-8-6-5-7-9-22)21-14-15-24(27)23(16-21)26(28,29)30/h5-17H,3-4,18H2,1-2H3,(H,32,35)/b31-17-. The summed E-state index contributed by atoms with van der Waals surface area (Å²) in [6.07, 6.45) is -3.45. The highest BCUT2D eigenvalue weighted by Gasteiger charge is 2.35. The summed E-state index contributed by atoms with van der Waals surface area (Å²) in [6, 6.07) is 17.1. The molecular formula is C26H26ClF3N4O3S. The van der Waals surface area contributed by atoms with Crippen LogP contribution in [0.4, 0.5) is 24.5 Å². The van der Waals surface area contributed by atoms with Crippen molar-refractivity contribution in [1.82, 2.24) is 5.43 Å². The number of carbonyl (C=O) groups is 1. The smallest absolute Gasteiger partial charge is 0.372 e. The van der Waals surface area contributed by atoms with Crippen LogP contribution in [0.15, 0.2) is 82.8 Å². The van der Waals surface area contributed by atoms with Crippen molar-refractivity contribution in [2.45, 2.75) is 24.9 Å². The van der Waals surface area contributed by atoms with Gasteiger partial charge in [0.05, 0.1) is 27.4 Å². The number of nitrogens with zero attached hydrogens (tertiary/aromatic N) is 3. The largest absolute Gasteiger partial charge is 0.417 e. The minimum atomic E-state index is -4.83. The van der Waals surface area contributed by atoms with Gasteiger partial charge in [0, 0.05) is 18.8 Å². The molecule has 0 bridgehead atoms. The molecule has 0 aliphatic rings. The Bertz CT molecular complexity index is 1380. The molecule has 3 aromatic rings. The molecule has 12 heteroatoms. The van der Waals surface area contributed by atoms with Gasteiger partial charge in [-0.1, -0.05) is 41.9 Å². The molecule has 7 nitrogen and oxygen atoms in total. The molecule has 0 aliphatic heterocycles. The molecule has 0 saturated carbocycles.